The number of aryl methyl sites for hydroxylation is 1. The van der Waals surface area contributed by atoms with Gasteiger partial charge in [-0.3, -0.25) is 0 Å². The van der Waals surface area contributed by atoms with Crippen LogP contribution in [-0.4, -0.2) is 4.99 Å². The highest BCUT2D eigenvalue weighted by Gasteiger charge is 2.12. The lowest BCUT2D eigenvalue weighted by molar-refractivity contribution is 0.479. The molecule has 0 aromatic heterocycles. The summed E-state index contributed by atoms with van der Waals surface area (Å²) in [5.74, 6) is 0.665. The lowest BCUT2D eigenvalue weighted by Gasteiger charge is -2.12. The highest BCUT2D eigenvalue weighted by atomic mass is 35.5. The highest BCUT2D eigenvalue weighted by Crippen LogP contribution is 2.31. The molecule has 2 aromatic carbocycles. The first-order valence-corrected chi connectivity index (χ1v) is 6.30. The molecule has 0 aliphatic carbocycles. The van der Waals surface area contributed by atoms with Crippen molar-refractivity contribution < 1.29 is 9.13 Å². The van der Waals surface area contributed by atoms with Crippen LogP contribution in [0.25, 0.3) is 0 Å². The largest absolute Gasteiger partial charge is 0.457 e. The maximum absolute atomic E-state index is 13.2. The summed E-state index contributed by atoms with van der Waals surface area (Å²) in [6.07, 6.45) is 0. The SMILES string of the molecule is Cc1cc(Oc2cccc(Cl)c2C(N)=S)ccc1F. The number of benzene rings is 2. The minimum Gasteiger partial charge on any atom is -0.457 e. The number of halogens is 2. The molecule has 5 heteroatoms. The number of hydrogen-bond donors (Lipinski definition) is 1. The Morgan fingerprint density at radius 3 is 2.68 bits per heavy atom. The van der Waals surface area contributed by atoms with Gasteiger partial charge in [0.25, 0.3) is 0 Å². The molecule has 0 amide bonds. The molecule has 0 fully saturated rings. The van der Waals surface area contributed by atoms with Gasteiger partial charge in [-0.05, 0) is 42.8 Å². The van der Waals surface area contributed by atoms with Crippen LogP contribution < -0.4 is 10.5 Å². The maximum Gasteiger partial charge on any atom is 0.139 e. The zero-order valence-corrected chi connectivity index (χ0v) is 11.7. The van der Waals surface area contributed by atoms with E-state index in [9.17, 15) is 4.39 Å². The van der Waals surface area contributed by atoms with E-state index in [4.69, 9.17) is 34.3 Å². The smallest absolute Gasteiger partial charge is 0.139 e. The van der Waals surface area contributed by atoms with Crippen LogP contribution in [0.15, 0.2) is 36.4 Å². The molecule has 2 rings (SSSR count). The molecule has 0 saturated carbocycles. The molecule has 0 spiro atoms. The standard InChI is InChI=1S/C14H11ClFNOS/c1-8-7-9(5-6-11(8)16)18-12-4-2-3-10(15)13(12)14(17)19/h2-7H,1H3,(H2,17,19). The van der Waals surface area contributed by atoms with Gasteiger partial charge < -0.3 is 10.5 Å². The van der Waals surface area contributed by atoms with Crippen molar-refractivity contribution in [3.05, 3.63) is 58.4 Å². The minimum atomic E-state index is -0.284. The molecule has 2 N–H and O–H groups in total. The predicted octanol–water partition coefficient (Wildman–Crippen LogP) is 4.21. The second kappa shape index (κ2) is 5.55. The van der Waals surface area contributed by atoms with Crippen LogP contribution in [0, 0.1) is 12.7 Å². The zero-order chi connectivity index (χ0) is 14.0. The van der Waals surface area contributed by atoms with Crippen molar-refractivity contribution >= 4 is 28.8 Å². The summed E-state index contributed by atoms with van der Waals surface area (Å²) in [5.41, 5.74) is 6.60. The van der Waals surface area contributed by atoms with Gasteiger partial charge in [0.2, 0.25) is 0 Å². The van der Waals surface area contributed by atoms with Crippen LogP contribution in [0.5, 0.6) is 11.5 Å². The summed E-state index contributed by atoms with van der Waals surface area (Å²) in [6.45, 7) is 1.66. The van der Waals surface area contributed by atoms with Gasteiger partial charge in [-0.1, -0.05) is 29.9 Å². The molecule has 0 heterocycles. The fourth-order valence-corrected chi connectivity index (χ4v) is 2.17. The maximum atomic E-state index is 13.2. The second-order valence-corrected chi connectivity index (χ2v) is 4.84. The van der Waals surface area contributed by atoms with E-state index in [0.717, 1.165) is 0 Å². The van der Waals surface area contributed by atoms with Crippen LogP contribution in [-0.2, 0) is 0 Å². The van der Waals surface area contributed by atoms with Gasteiger partial charge in [0.05, 0.1) is 10.6 Å². The summed E-state index contributed by atoms with van der Waals surface area (Å²) in [6, 6.07) is 9.59. The van der Waals surface area contributed by atoms with Gasteiger partial charge in [0, 0.05) is 0 Å². The first kappa shape index (κ1) is 13.8. The molecule has 0 atom stereocenters. The van der Waals surface area contributed by atoms with Crippen molar-refractivity contribution in [3.8, 4) is 11.5 Å². The molecular weight excluding hydrogens is 285 g/mol. The van der Waals surface area contributed by atoms with Gasteiger partial charge >= 0.3 is 0 Å². The van der Waals surface area contributed by atoms with Gasteiger partial charge in [-0.25, -0.2) is 4.39 Å². The average Bonchev–Trinajstić information content (AvgIpc) is 2.33. The van der Waals surface area contributed by atoms with Crippen molar-refractivity contribution in [3.63, 3.8) is 0 Å². The molecule has 98 valence electrons. The predicted molar refractivity (Wildman–Crippen MR) is 78.6 cm³/mol. The van der Waals surface area contributed by atoms with Crippen molar-refractivity contribution in [2.24, 2.45) is 5.73 Å². The van der Waals surface area contributed by atoms with Gasteiger partial charge in [-0.2, -0.15) is 0 Å². The first-order chi connectivity index (χ1) is 8.99. The summed E-state index contributed by atoms with van der Waals surface area (Å²) >= 11 is 11.0. The van der Waals surface area contributed by atoms with Gasteiger partial charge in [0.1, 0.15) is 22.3 Å². The number of hydrogen-bond acceptors (Lipinski definition) is 2. The molecule has 19 heavy (non-hydrogen) atoms. The Labute approximate surface area is 120 Å². The van der Waals surface area contributed by atoms with E-state index in [-0.39, 0.29) is 10.8 Å². The van der Waals surface area contributed by atoms with E-state index >= 15 is 0 Å². The Balaban J connectivity index is 2.40. The quantitative estimate of drug-likeness (QED) is 0.861. The van der Waals surface area contributed by atoms with E-state index < -0.39 is 0 Å². The van der Waals surface area contributed by atoms with Crippen molar-refractivity contribution in [2.45, 2.75) is 6.92 Å². The molecule has 0 radical (unpaired) electrons. The summed E-state index contributed by atoms with van der Waals surface area (Å²) in [4.78, 5) is 0.152. The summed E-state index contributed by atoms with van der Waals surface area (Å²) in [5, 5.41) is 0.420. The van der Waals surface area contributed by atoms with E-state index in [1.54, 1.807) is 31.2 Å². The van der Waals surface area contributed by atoms with Crippen LogP contribution in [0.3, 0.4) is 0 Å². The molecule has 0 bridgehead atoms. The molecule has 0 aliphatic heterocycles. The van der Waals surface area contributed by atoms with E-state index in [1.807, 2.05) is 0 Å². The Morgan fingerprint density at radius 1 is 1.32 bits per heavy atom. The van der Waals surface area contributed by atoms with Gasteiger partial charge in [0.15, 0.2) is 0 Å². The third kappa shape index (κ3) is 3.03. The number of thiocarbonyl (C=S) groups is 1. The number of nitrogens with two attached hydrogens (primary N) is 1. The number of ether oxygens (including phenoxy) is 1. The fourth-order valence-electron chi connectivity index (χ4n) is 1.64. The zero-order valence-electron chi connectivity index (χ0n) is 10.1. The van der Waals surface area contributed by atoms with Gasteiger partial charge in [-0.15, -0.1) is 0 Å². The van der Waals surface area contributed by atoms with Crippen molar-refractivity contribution in [1.29, 1.82) is 0 Å². The Morgan fingerprint density at radius 2 is 2.05 bits per heavy atom. The third-order valence-corrected chi connectivity index (χ3v) is 3.10. The van der Waals surface area contributed by atoms with E-state index in [2.05, 4.69) is 0 Å². The fraction of sp³-hybridized carbons (Fsp3) is 0.0714. The molecule has 0 saturated heterocycles. The molecular formula is C14H11ClFNOS. The lowest BCUT2D eigenvalue weighted by atomic mass is 10.2. The third-order valence-electron chi connectivity index (χ3n) is 2.58. The van der Waals surface area contributed by atoms with Crippen LogP contribution in [0.1, 0.15) is 11.1 Å². The second-order valence-electron chi connectivity index (χ2n) is 3.99. The lowest BCUT2D eigenvalue weighted by Crippen LogP contribution is -2.11. The molecule has 2 nitrogen and oxygen atoms in total. The summed E-state index contributed by atoms with van der Waals surface area (Å²) < 4.78 is 18.9. The monoisotopic (exact) mass is 295 g/mol. The summed E-state index contributed by atoms with van der Waals surface area (Å²) in [7, 11) is 0. The van der Waals surface area contributed by atoms with E-state index in [0.29, 0.717) is 27.6 Å². The van der Waals surface area contributed by atoms with Crippen molar-refractivity contribution in [2.75, 3.05) is 0 Å². The van der Waals surface area contributed by atoms with Crippen LogP contribution >= 0.6 is 23.8 Å². The highest BCUT2D eigenvalue weighted by molar-refractivity contribution is 7.80. The topological polar surface area (TPSA) is 35.2 Å². The number of rotatable bonds is 3. The Hall–Kier alpha value is -1.65. The Kier molecular flexibility index (Phi) is 4.02. The molecule has 0 aliphatic rings. The minimum absolute atomic E-state index is 0.152. The molecule has 0 unspecified atom stereocenters. The normalized spacial score (nSPS) is 10.3. The van der Waals surface area contributed by atoms with E-state index in [1.165, 1.54) is 12.1 Å². The first-order valence-electron chi connectivity index (χ1n) is 5.51. The van der Waals surface area contributed by atoms with Crippen molar-refractivity contribution in [1.82, 2.24) is 0 Å². The van der Waals surface area contributed by atoms with Crippen LogP contribution in [0.4, 0.5) is 4.39 Å². The Bertz CT molecular complexity index is 645. The van der Waals surface area contributed by atoms with Crippen LogP contribution in [0.2, 0.25) is 5.02 Å². The molecule has 2 aromatic rings. The average molecular weight is 296 g/mol.